The number of para-hydroxylation sites is 1. The third kappa shape index (κ3) is 3.23. The molecule has 1 aromatic carbocycles. The van der Waals surface area contributed by atoms with E-state index in [1.54, 1.807) is 12.1 Å². The number of hydrogen-bond donors (Lipinski definition) is 2. The summed E-state index contributed by atoms with van der Waals surface area (Å²) in [5.41, 5.74) is 0.918. The molecule has 1 aromatic heterocycles. The molecule has 0 fully saturated rings. The number of anilines is 1. The summed E-state index contributed by atoms with van der Waals surface area (Å²) < 4.78 is 1.52. The Morgan fingerprint density at radius 3 is 2.83 bits per heavy atom. The van der Waals surface area contributed by atoms with Crippen LogP contribution in [-0.4, -0.2) is 32.9 Å². The number of nitrogens with zero attached hydrogens (tertiary/aromatic N) is 3. The summed E-state index contributed by atoms with van der Waals surface area (Å²) in [6.45, 7) is 4.73. The van der Waals surface area contributed by atoms with Gasteiger partial charge in [0.1, 0.15) is 0 Å². The van der Waals surface area contributed by atoms with E-state index < -0.39 is 5.91 Å². The summed E-state index contributed by atoms with van der Waals surface area (Å²) in [6, 6.07) is 9.05. The Balaban J connectivity index is 1.80. The van der Waals surface area contributed by atoms with Crippen molar-refractivity contribution in [2.24, 2.45) is 5.92 Å². The molecule has 2 N–H and O–H groups in total. The maximum Gasteiger partial charge on any atom is 0.278 e. The van der Waals surface area contributed by atoms with Gasteiger partial charge in [-0.1, -0.05) is 37.3 Å². The molecular formula is C16H19N5O2. The summed E-state index contributed by atoms with van der Waals surface area (Å²) in [5.74, 6) is -0.272. The number of rotatable bonds is 4. The highest BCUT2D eigenvalue weighted by atomic mass is 16.2. The Kier molecular flexibility index (Phi) is 4.10. The Bertz CT molecular complexity index is 723. The minimum Gasteiger partial charge on any atom is -0.346 e. The topological polar surface area (TPSA) is 88.9 Å². The molecule has 0 saturated carbocycles. The van der Waals surface area contributed by atoms with E-state index in [0.717, 1.165) is 6.42 Å². The molecule has 0 aliphatic carbocycles. The van der Waals surface area contributed by atoms with Gasteiger partial charge in [0.2, 0.25) is 0 Å². The van der Waals surface area contributed by atoms with Crippen molar-refractivity contribution in [1.29, 1.82) is 0 Å². The van der Waals surface area contributed by atoms with Crippen LogP contribution in [0.1, 0.15) is 41.2 Å². The molecule has 120 valence electrons. The molecule has 7 nitrogen and oxygen atoms in total. The molecule has 1 aliphatic heterocycles. The normalized spacial score (nSPS) is 16.8. The second-order valence-corrected chi connectivity index (χ2v) is 6.09. The lowest BCUT2D eigenvalue weighted by molar-refractivity contribution is 0.0879. The van der Waals surface area contributed by atoms with Crippen LogP contribution in [0.25, 0.3) is 0 Å². The fourth-order valence-electron chi connectivity index (χ4n) is 2.74. The predicted octanol–water partition coefficient (Wildman–Crippen LogP) is 1.69. The smallest absolute Gasteiger partial charge is 0.278 e. The van der Waals surface area contributed by atoms with E-state index in [1.165, 1.54) is 4.68 Å². The Morgan fingerprint density at radius 2 is 2.13 bits per heavy atom. The molecule has 7 heteroatoms. The van der Waals surface area contributed by atoms with E-state index in [9.17, 15) is 9.59 Å². The van der Waals surface area contributed by atoms with E-state index in [0.29, 0.717) is 18.2 Å². The van der Waals surface area contributed by atoms with Crippen LogP contribution in [0.15, 0.2) is 30.3 Å². The molecular weight excluding hydrogens is 294 g/mol. The number of carbonyl (C=O) groups excluding carboxylic acids is 2. The quantitative estimate of drug-likeness (QED) is 0.899. The molecule has 23 heavy (non-hydrogen) atoms. The van der Waals surface area contributed by atoms with Gasteiger partial charge in [-0.05, 0) is 24.5 Å². The van der Waals surface area contributed by atoms with Crippen LogP contribution < -0.4 is 10.6 Å². The fraction of sp³-hybridized carbons (Fsp3) is 0.375. The molecule has 0 saturated heterocycles. The first-order chi connectivity index (χ1) is 11.0. The summed E-state index contributed by atoms with van der Waals surface area (Å²) in [5, 5.41) is 13.5. The first-order valence-electron chi connectivity index (χ1n) is 7.65. The predicted molar refractivity (Wildman–Crippen MR) is 85.1 cm³/mol. The van der Waals surface area contributed by atoms with Crippen molar-refractivity contribution < 1.29 is 9.59 Å². The van der Waals surface area contributed by atoms with Gasteiger partial charge in [0.25, 0.3) is 11.8 Å². The van der Waals surface area contributed by atoms with E-state index in [4.69, 9.17) is 0 Å². The SMILES string of the molecule is CC(C)C[C@H]1Cn2nnc(C(=O)Nc3ccccc3)c2C(=O)N1. The van der Waals surface area contributed by atoms with Crippen molar-refractivity contribution >= 4 is 17.5 Å². The zero-order valence-corrected chi connectivity index (χ0v) is 13.1. The average molecular weight is 313 g/mol. The molecule has 2 heterocycles. The van der Waals surface area contributed by atoms with Crippen LogP contribution in [-0.2, 0) is 6.54 Å². The maximum atomic E-state index is 12.3. The lowest BCUT2D eigenvalue weighted by atomic mass is 10.0. The monoisotopic (exact) mass is 313 g/mol. The number of aromatic nitrogens is 3. The lowest BCUT2D eigenvalue weighted by Gasteiger charge is -2.25. The molecule has 1 aliphatic rings. The molecule has 2 amide bonds. The molecule has 0 radical (unpaired) electrons. The first-order valence-corrected chi connectivity index (χ1v) is 7.65. The zero-order chi connectivity index (χ0) is 16.4. The van der Waals surface area contributed by atoms with Crippen molar-refractivity contribution in [1.82, 2.24) is 20.3 Å². The molecule has 0 spiro atoms. The molecule has 0 bridgehead atoms. The average Bonchev–Trinajstić information content (AvgIpc) is 2.92. The highest BCUT2D eigenvalue weighted by molar-refractivity contribution is 6.10. The fourth-order valence-corrected chi connectivity index (χ4v) is 2.74. The third-order valence-corrected chi connectivity index (χ3v) is 3.68. The summed E-state index contributed by atoms with van der Waals surface area (Å²) in [7, 11) is 0. The van der Waals surface area contributed by atoms with Gasteiger partial charge < -0.3 is 10.6 Å². The van der Waals surface area contributed by atoms with Gasteiger partial charge in [0.15, 0.2) is 11.4 Å². The number of benzene rings is 1. The Morgan fingerprint density at radius 1 is 1.39 bits per heavy atom. The van der Waals surface area contributed by atoms with Crippen molar-refractivity contribution in [3.05, 3.63) is 41.7 Å². The number of amides is 2. The van der Waals surface area contributed by atoms with E-state index >= 15 is 0 Å². The van der Waals surface area contributed by atoms with Crippen LogP contribution in [0.2, 0.25) is 0 Å². The van der Waals surface area contributed by atoms with Crippen molar-refractivity contribution in [3.63, 3.8) is 0 Å². The Labute approximate surface area is 134 Å². The van der Waals surface area contributed by atoms with Crippen LogP contribution in [0.5, 0.6) is 0 Å². The number of hydrogen-bond acceptors (Lipinski definition) is 4. The van der Waals surface area contributed by atoms with Crippen LogP contribution in [0, 0.1) is 5.92 Å². The van der Waals surface area contributed by atoms with Crippen LogP contribution in [0.3, 0.4) is 0 Å². The molecule has 3 rings (SSSR count). The number of fused-ring (bicyclic) bond motifs is 1. The second kappa shape index (κ2) is 6.20. The van der Waals surface area contributed by atoms with Gasteiger partial charge in [-0.3, -0.25) is 9.59 Å². The van der Waals surface area contributed by atoms with Gasteiger partial charge in [-0.2, -0.15) is 0 Å². The standard InChI is InChI=1S/C16H19N5O2/c1-10(2)8-12-9-21-14(16(23)18-12)13(19-20-21)15(22)17-11-6-4-3-5-7-11/h3-7,10,12H,8-9H2,1-2H3,(H,17,22)(H,18,23)/t12-/m0/s1. The third-order valence-electron chi connectivity index (χ3n) is 3.68. The van der Waals surface area contributed by atoms with Crippen molar-refractivity contribution in [3.8, 4) is 0 Å². The highest BCUT2D eigenvalue weighted by Gasteiger charge is 2.32. The number of carbonyl (C=O) groups is 2. The van der Waals surface area contributed by atoms with E-state index in [2.05, 4.69) is 34.8 Å². The van der Waals surface area contributed by atoms with Gasteiger partial charge >= 0.3 is 0 Å². The minimum atomic E-state index is -0.435. The lowest BCUT2D eigenvalue weighted by Crippen LogP contribution is -2.45. The second-order valence-electron chi connectivity index (χ2n) is 6.09. The molecule has 2 aromatic rings. The van der Waals surface area contributed by atoms with E-state index in [1.807, 2.05) is 18.2 Å². The van der Waals surface area contributed by atoms with E-state index in [-0.39, 0.29) is 23.3 Å². The first kappa shape index (κ1) is 15.2. The van der Waals surface area contributed by atoms with Crippen molar-refractivity contribution in [2.75, 3.05) is 5.32 Å². The zero-order valence-electron chi connectivity index (χ0n) is 13.1. The number of nitrogens with one attached hydrogen (secondary N) is 2. The molecule has 0 unspecified atom stereocenters. The summed E-state index contributed by atoms with van der Waals surface area (Å²) in [6.07, 6.45) is 0.858. The summed E-state index contributed by atoms with van der Waals surface area (Å²) >= 11 is 0. The Hall–Kier alpha value is -2.70. The largest absolute Gasteiger partial charge is 0.346 e. The summed E-state index contributed by atoms with van der Waals surface area (Å²) in [4.78, 5) is 24.7. The van der Waals surface area contributed by atoms with Crippen molar-refractivity contribution in [2.45, 2.75) is 32.9 Å². The van der Waals surface area contributed by atoms with Gasteiger partial charge in [-0.15, -0.1) is 5.10 Å². The minimum absolute atomic E-state index is 0.0155. The van der Waals surface area contributed by atoms with Crippen LogP contribution in [0.4, 0.5) is 5.69 Å². The van der Waals surface area contributed by atoms with Gasteiger partial charge in [0, 0.05) is 11.7 Å². The highest BCUT2D eigenvalue weighted by Crippen LogP contribution is 2.17. The van der Waals surface area contributed by atoms with Gasteiger partial charge in [0.05, 0.1) is 6.54 Å². The van der Waals surface area contributed by atoms with Crippen LogP contribution >= 0.6 is 0 Å². The van der Waals surface area contributed by atoms with Gasteiger partial charge in [-0.25, -0.2) is 4.68 Å². The maximum absolute atomic E-state index is 12.3. The molecule has 1 atom stereocenters.